The summed E-state index contributed by atoms with van der Waals surface area (Å²) in [6.45, 7) is 0. The lowest BCUT2D eigenvalue weighted by Gasteiger charge is -2.08. The Morgan fingerprint density at radius 3 is 2.74 bits per heavy atom. The monoisotopic (exact) mass is 393 g/mol. The van der Waals surface area contributed by atoms with Crippen LogP contribution in [-0.2, 0) is 4.79 Å². The molecule has 23 heavy (non-hydrogen) atoms. The van der Waals surface area contributed by atoms with Crippen LogP contribution < -0.4 is 9.64 Å². The molecule has 0 bridgehead atoms. The lowest BCUT2D eigenvalue weighted by molar-refractivity contribution is -0.112. The lowest BCUT2D eigenvalue weighted by Crippen LogP contribution is -2.20. The van der Waals surface area contributed by atoms with Crippen LogP contribution >= 0.6 is 27.5 Å². The Morgan fingerprint density at radius 2 is 2.04 bits per heavy atom. The van der Waals surface area contributed by atoms with Gasteiger partial charge in [-0.15, -0.1) is 0 Å². The molecule has 118 valence electrons. The maximum atomic E-state index is 12.5. The molecule has 6 heteroatoms. The number of fused-ring (bicyclic) bond motifs is 1. The minimum Gasteiger partial charge on any atom is -0.503 e. The Morgan fingerprint density at radius 1 is 1.30 bits per heavy atom. The Balaban J connectivity index is 2.16. The SMILES string of the molecule is COc1cc(C=C2C(=O)N(C)c3ccc(Br)cc32)cc(Cl)c1O. The van der Waals surface area contributed by atoms with Gasteiger partial charge in [-0.25, -0.2) is 0 Å². The summed E-state index contributed by atoms with van der Waals surface area (Å²) in [5.41, 5.74) is 2.93. The quantitative estimate of drug-likeness (QED) is 0.771. The van der Waals surface area contributed by atoms with E-state index in [4.69, 9.17) is 16.3 Å². The molecule has 3 rings (SSSR count). The van der Waals surface area contributed by atoms with Gasteiger partial charge in [-0.3, -0.25) is 4.79 Å². The van der Waals surface area contributed by atoms with Crippen LogP contribution in [0, 0.1) is 0 Å². The van der Waals surface area contributed by atoms with Crippen molar-refractivity contribution in [2.24, 2.45) is 0 Å². The molecule has 0 fully saturated rings. The highest BCUT2D eigenvalue weighted by atomic mass is 79.9. The van der Waals surface area contributed by atoms with Crippen LogP contribution in [0.2, 0.25) is 5.02 Å². The van der Waals surface area contributed by atoms with Gasteiger partial charge in [0.05, 0.1) is 17.8 Å². The summed E-state index contributed by atoms with van der Waals surface area (Å²) >= 11 is 9.44. The first-order valence-corrected chi connectivity index (χ1v) is 7.95. The van der Waals surface area contributed by atoms with Crippen molar-refractivity contribution in [2.45, 2.75) is 0 Å². The first-order chi connectivity index (χ1) is 10.9. The van der Waals surface area contributed by atoms with Gasteiger partial charge < -0.3 is 14.7 Å². The number of carbonyl (C=O) groups is 1. The normalized spacial score (nSPS) is 15.2. The van der Waals surface area contributed by atoms with Gasteiger partial charge in [-0.1, -0.05) is 27.5 Å². The molecule has 0 atom stereocenters. The topological polar surface area (TPSA) is 49.8 Å². The summed E-state index contributed by atoms with van der Waals surface area (Å²) in [6.07, 6.45) is 1.74. The second-order valence-corrected chi connectivity index (χ2v) is 6.46. The highest BCUT2D eigenvalue weighted by Gasteiger charge is 2.29. The predicted molar refractivity (Wildman–Crippen MR) is 95.1 cm³/mol. The van der Waals surface area contributed by atoms with Crippen molar-refractivity contribution < 1.29 is 14.6 Å². The molecule has 1 aliphatic rings. The summed E-state index contributed by atoms with van der Waals surface area (Å²) in [5, 5.41) is 9.98. The molecule has 0 saturated carbocycles. The zero-order valence-electron chi connectivity index (χ0n) is 12.4. The van der Waals surface area contributed by atoms with E-state index in [1.807, 2.05) is 18.2 Å². The van der Waals surface area contributed by atoms with Crippen LogP contribution in [0.3, 0.4) is 0 Å². The first-order valence-electron chi connectivity index (χ1n) is 6.78. The van der Waals surface area contributed by atoms with E-state index in [1.165, 1.54) is 7.11 Å². The Bertz CT molecular complexity index is 848. The largest absolute Gasteiger partial charge is 0.503 e. The molecule has 0 aliphatic carbocycles. The van der Waals surface area contributed by atoms with Crippen molar-refractivity contribution in [2.75, 3.05) is 19.1 Å². The van der Waals surface area contributed by atoms with E-state index in [1.54, 1.807) is 30.2 Å². The van der Waals surface area contributed by atoms with Crippen LogP contribution in [0.15, 0.2) is 34.8 Å². The number of hydrogen-bond donors (Lipinski definition) is 1. The predicted octanol–water partition coefficient (Wildman–Crippen LogP) is 4.33. The lowest BCUT2D eigenvalue weighted by atomic mass is 10.0. The van der Waals surface area contributed by atoms with Gasteiger partial charge in [0, 0.05) is 22.7 Å². The van der Waals surface area contributed by atoms with Gasteiger partial charge in [-0.2, -0.15) is 0 Å². The molecule has 0 radical (unpaired) electrons. The van der Waals surface area contributed by atoms with Crippen molar-refractivity contribution in [1.82, 2.24) is 0 Å². The fourth-order valence-electron chi connectivity index (χ4n) is 2.56. The van der Waals surface area contributed by atoms with E-state index in [9.17, 15) is 9.90 Å². The highest BCUT2D eigenvalue weighted by molar-refractivity contribution is 9.10. The van der Waals surface area contributed by atoms with Gasteiger partial charge in [-0.05, 0) is 42.0 Å². The van der Waals surface area contributed by atoms with Crippen LogP contribution in [0.5, 0.6) is 11.5 Å². The number of halogens is 2. The summed E-state index contributed by atoms with van der Waals surface area (Å²) in [7, 11) is 3.18. The van der Waals surface area contributed by atoms with Crippen molar-refractivity contribution >= 4 is 50.8 Å². The minimum absolute atomic E-state index is 0.0961. The molecular formula is C17H13BrClNO3. The van der Waals surface area contributed by atoms with Crippen LogP contribution in [0.25, 0.3) is 11.6 Å². The van der Waals surface area contributed by atoms with Crippen LogP contribution in [-0.4, -0.2) is 25.2 Å². The number of phenolic OH excluding ortho intramolecular Hbond substituents is 1. The third kappa shape index (κ3) is 2.71. The maximum Gasteiger partial charge on any atom is 0.258 e. The third-order valence-corrected chi connectivity index (χ3v) is 4.51. The number of rotatable bonds is 2. The second kappa shape index (κ2) is 5.91. The zero-order chi connectivity index (χ0) is 16.7. The number of benzene rings is 2. The Kier molecular flexibility index (Phi) is 4.08. The van der Waals surface area contributed by atoms with E-state index in [0.717, 1.165) is 15.7 Å². The first kappa shape index (κ1) is 15.9. The van der Waals surface area contributed by atoms with Crippen LogP contribution in [0.1, 0.15) is 11.1 Å². The van der Waals surface area contributed by atoms with Crippen molar-refractivity contribution in [3.8, 4) is 11.5 Å². The maximum absolute atomic E-state index is 12.5. The number of carbonyl (C=O) groups excluding carboxylic acids is 1. The van der Waals surface area contributed by atoms with Crippen LogP contribution in [0.4, 0.5) is 5.69 Å². The summed E-state index contributed by atoms with van der Waals surface area (Å²) < 4.78 is 6.00. The molecule has 1 N–H and O–H groups in total. The minimum atomic E-state index is -0.116. The van der Waals surface area contributed by atoms with Gasteiger partial charge in [0.15, 0.2) is 11.5 Å². The molecule has 0 aromatic heterocycles. The number of anilines is 1. The second-order valence-electron chi connectivity index (χ2n) is 5.14. The molecule has 0 unspecified atom stereocenters. The van der Waals surface area contributed by atoms with Gasteiger partial charge in [0.25, 0.3) is 5.91 Å². The van der Waals surface area contributed by atoms with Gasteiger partial charge in [0.1, 0.15) is 0 Å². The number of nitrogens with zero attached hydrogens (tertiary/aromatic N) is 1. The standard InChI is InChI=1S/C17H13BrClNO3/c1-20-14-4-3-10(18)8-11(14)12(17(20)22)5-9-6-13(19)16(21)15(7-9)23-2/h3-8,21H,1-2H3. The van der Waals surface area contributed by atoms with E-state index < -0.39 is 0 Å². The molecule has 1 aliphatic heterocycles. The number of hydrogen-bond acceptors (Lipinski definition) is 3. The van der Waals surface area contributed by atoms with E-state index >= 15 is 0 Å². The number of ether oxygens (including phenoxy) is 1. The van der Waals surface area contributed by atoms with E-state index in [0.29, 0.717) is 11.1 Å². The Labute approximate surface area is 147 Å². The molecule has 0 spiro atoms. The molecule has 2 aromatic rings. The molecule has 1 heterocycles. The van der Waals surface area contributed by atoms with Gasteiger partial charge in [0.2, 0.25) is 0 Å². The third-order valence-electron chi connectivity index (χ3n) is 3.73. The fraction of sp³-hybridized carbons (Fsp3) is 0.118. The molecular weight excluding hydrogens is 382 g/mol. The smallest absolute Gasteiger partial charge is 0.258 e. The molecule has 4 nitrogen and oxygen atoms in total. The molecule has 1 amide bonds. The average Bonchev–Trinajstić information content (AvgIpc) is 2.75. The fourth-order valence-corrected chi connectivity index (χ4v) is 3.14. The number of likely N-dealkylation sites (N-methyl/N-ethyl adjacent to an activating group) is 1. The summed E-state index contributed by atoms with van der Waals surface area (Å²) in [5.74, 6) is 0.0493. The summed E-state index contributed by atoms with van der Waals surface area (Å²) in [4.78, 5) is 14.1. The molecule has 0 saturated heterocycles. The number of phenols is 1. The zero-order valence-corrected chi connectivity index (χ0v) is 14.8. The average molecular weight is 395 g/mol. The number of methoxy groups -OCH3 is 1. The number of aromatic hydroxyl groups is 1. The highest BCUT2D eigenvalue weighted by Crippen LogP contribution is 2.40. The van der Waals surface area contributed by atoms with E-state index in [2.05, 4.69) is 15.9 Å². The van der Waals surface area contributed by atoms with Crippen molar-refractivity contribution in [3.05, 3.63) is 51.0 Å². The summed E-state index contributed by atoms with van der Waals surface area (Å²) in [6, 6.07) is 8.92. The Hall–Kier alpha value is -1.98. The van der Waals surface area contributed by atoms with Crippen molar-refractivity contribution in [1.29, 1.82) is 0 Å². The number of amides is 1. The van der Waals surface area contributed by atoms with Gasteiger partial charge >= 0.3 is 0 Å². The molecule has 2 aromatic carbocycles. The van der Waals surface area contributed by atoms with Crippen molar-refractivity contribution in [3.63, 3.8) is 0 Å². The van der Waals surface area contributed by atoms with E-state index in [-0.39, 0.29) is 22.4 Å².